The largest absolute Gasteiger partial charge is 0.497 e. The van der Waals surface area contributed by atoms with E-state index in [-0.39, 0.29) is 23.9 Å². The van der Waals surface area contributed by atoms with Crippen LogP contribution in [-0.2, 0) is 26.2 Å². The van der Waals surface area contributed by atoms with E-state index in [0.29, 0.717) is 17.9 Å². The van der Waals surface area contributed by atoms with Gasteiger partial charge < -0.3 is 24.4 Å². The predicted molar refractivity (Wildman–Crippen MR) is 133 cm³/mol. The molecule has 0 spiro atoms. The molecule has 0 aromatic heterocycles. The molecule has 0 saturated carbocycles. The number of carbonyl (C=O) groups excluding carboxylic acids is 2. The fraction of sp³-hybridized carbons (Fsp3) is 0.417. The molecule has 0 heterocycles. The standard InChI is InChI=1S/C24H33N3O7S/c1-7-20(24(29)25-2)26(15-17-8-10-18(32-3)11-9-17)23(28)16-27(35(6,30)31)21-14-19(33-4)12-13-22(21)34-5/h8-14,20H,7,15-16H2,1-6H3,(H,25,29)/t20-/m0/s1. The number of methoxy groups -OCH3 is 3. The smallest absolute Gasteiger partial charge is 0.244 e. The number of amides is 2. The van der Waals surface area contributed by atoms with Gasteiger partial charge in [0, 0.05) is 19.7 Å². The van der Waals surface area contributed by atoms with Crippen LogP contribution in [-0.4, -0.2) is 72.4 Å². The van der Waals surface area contributed by atoms with Crippen LogP contribution in [0.3, 0.4) is 0 Å². The quantitative estimate of drug-likeness (QED) is 0.468. The lowest BCUT2D eigenvalue weighted by Gasteiger charge is -2.33. The Morgan fingerprint density at radius 1 is 0.971 bits per heavy atom. The number of anilines is 1. The lowest BCUT2D eigenvalue weighted by atomic mass is 10.1. The van der Waals surface area contributed by atoms with Gasteiger partial charge in [-0.1, -0.05) is 19.1 Å². The number of hydrogen-bond donors (Lipinski definition) is 1. The van der Waals surface area contributed by atoms with Crippen molar-refractivity contribution in [3.63, 3.8) is 0 Å². The number of nitrogens with one attached hydrogen (secondary N) is 1. The molecule has 2 amide bonds. The summed E-state index contributed by atoms with van der Waals surface area (Å²) in [4.78, 5) is 27.6. The second-order valence-electron chi connectivity index (χ2n) is 7.72. The van der Waals surface area contributed by atoms with Crippen molar-refractivity contribution in [2.45, 2.75) is 25.9 Å². The highest BCUT2D eigenvalue weighted by molar-refractivity contribution is 7.92. The third-order valence-corrected chi connectivity index (χ3v) is 6.60. The Bertz CT molecular complexity index is 1120. The van der Waals surface area contributed by atoms with E-state index in [1.54, 1.807) is 50.4 Å². The molecule has 0 aliphatic carbocycles. The second kappa shape index (κ2) is 12.3. The van der Waals surface area contributed by atoms with Crippen LogP contribution in [0.25, 0.3) is 0 Å². The minimum atomic E-state index is -3.91. The van der Waals surface area contributed by atoms with E-state index < -0.39 is 28.5 Å². The maximum absolute atomic E-state index is 13.6. The predicted octanol–water partition coefficient (Wildman–Crippen LogP) is 2.03. The average molecular weight is 508 g/mol. The summed E-state index contributed by atoms with van der Waals surface area (Å²) in [6, 6.07) is 10.9. The summed E-state index contributed by atoms with van der Waals surface area (Å²) in [6.07, 6.45) is 1.34. The number of carbonyl (C=O) groups is 2. The van der Waals surface area contributed by atoms with Crippen LogP contribution in [0.15, 0.2) is 42.5 Å². The molecule has 0 fully saturated rings. The minimum Gasteiger partial charge on any atom is -0.497 e. The Kier molecular flexibility index (Phi) is 9.76. The number of rotatable bonds is 12. The molecule has 0 aliphatic heterocycles. The van der Waals surface area contributed by atoms with Gasteiger partial charge in [-0.05, 0) is 36.2 Å². The number of ether oxygens (including phenoxy) is 3. The number of hydrogen-bond acceptors (Lipinski definition) is 7. The molecule has 10 nitrogen and oxygen atoms in total. The zero-order valence-electron chi connectivity index (χ0n) is 20.9. The fourth-order valence-electron chi connectivity index (χ4n) is 3.60. The first-order valence-corrected chi connectivity index (χ1v) is 12.8. The van der Waals surface area contributed by atoms with Crippen molar-refractivity contribution in [2.24, 2.45) is 0 Å². The van der Waals surface area contributed by atoms with Gasteiger partial charge in [0.25, 0.3) is 0 Å². The Labute approximate surface area is 206 Å². The first-order chi connectivity index (χ1) is 16.6. The lowest BCUT2D eigenvalue weighted by Crippen LogP contribution is -2.51. The summed E-state index contributed by atoms with van der Waals surface area (Å²) in [5, 5.41) is 2.58. The third-order valence-electron chi connectivity index (χ3n) is 5.48. The molecule has 2 rings (SSSR count). The molecule has 2 aromatic rings. The highest BCUT2D eigenvalue weighted by Gasteiger charge is 2.32. The van der Waals surface area contributed by atoms with Gasteiger partial charge in [-0.15, -0.1) is 0 Å². The van der Waals surface area contributed by atoms with Crippen LogP contribution in [0.1, 0.15) is 18.9 Å². The first kappa shape index (κ1) is 27.8. The zero-order valence-corrected chi connectivity index (χ0v) is 21.7. The van der Waals surface area contributed by atoms with Crippen LogP contribution in [0.5, 0.6) is 17.2 Å². The Morgan fingerprint density at radius 3 is 2.06 bits per heavy atom. The fourth-order valence-corrected chi connectivity index (χ4v) is 4.45. The van der Waals surface area contributed by atoms with Crippen LogP contribution >= 0.6 is 0 Å². The van der Waals surface area contributed by atoms with Crippen molar-refractivity contribution < 1.29 is 32.2 Å². The number of likely N-dealkylation sites (N-methyl/N-ethyl adjacent to an activating group) is 1. The van der Waals surface area contributed by atoms with Gasteiger partial charge in [0.05, 0.1) is 33.3 Å². The van der Waals surface area contributed by atoms with Crippen molar-refractivity contribution >= 4 is 27.5 Å². The summed E-state index contributed by atoms with van der Waals surface area (Å²) in [6.45, 7) is 1.35. The monoisotopic (exact) mass is 507 g/mol. The van der Waals surface area contributed by atoms with Crippen molar-refractivity contribution in [1.29, 1.82) is 0 Å². The maximum atomic E-state index is 13.6. The topological polar surface area (TPSA) is 114 Å². The molecule has 0 radical (unpaired) electrons. The van der Waals surface area contributed by atoms with Gasteiger partial charge in [-0.2, -0.15) is 0 Å². The molecular formula is C24H33N3O7S. The van der Waals surface area contributed by atoms with Crippen LogP contribution in [0, 0.1) is 0 Å². The maximum Gasteiger partial charge on any atom is 0.244 e. The number of nitrogens with zero attached hydrogens (tertiary/aromatic N) is 2. The van der Waals surface area contributed by atoms with Crippen LogP contribution < -0.4 is 23.8 Å². The normalized spacial score (nSPS) is 11.8. The van der Waals surface area contributed by atoms with Gasteiger partial charge in [-0.3, -0.25) is 13.9 Å². The van der Waals surface area contributed by atoms with Crippen LogP contribution in [0.2, 0.25) is 0 Å². The van der Waals surface area contributed by atoms with E-state index >= 15 is 0 Å². The van der Waals surface area contributed by atoms with Gasteiger partial charge in [0.1, 0.15) is 29.8 Å². The first-order valence-electron chi connectivity index (χ1n) is 10.9. The van der Waals surface area contributed by atoms with Crippen molar-refractivity contribution in [2.75, 3.05) is 45.5 Å². The van der Waals surface area contributed by atoms with Crippen LogP contribution in [0.4, 0.5) is 5.69 Å². The van der Waals surface area contributed by atoms with Gasteiger partial charge in [0.2, 0.25) is 21.8 Å². The molecule has 0 aliphatic rings. The van der Waals surface area contributed by atoms with E-state index in [0.717, 1.165) is 16.1 Å². The average Bonchev–Trinajstić information content (AvgIpc) is 2.85. The van der Waals surface area contributed by atoms with E-state index in [9.17, 15) is 18.0 Å². The van der Waals surface area contributed by atoms with E-state index in [1.807, 2.05) is 0 Å². The molecule has 35 heavy (non-hydrogen) atoms. The highest BCUT2D eigenvalue weighted by Crippen LogP contribution is 2.34. The van der Waals surface area contributed by atoms with Gasteiger partial charge in [-0.25, -0.2) is 8.42 Å². The minimum absolute atomic E-state index is 0.0988. The zero-order chi connectivity index (χ0) is 26.2. The molecule has 0 bridgehead atoms. The van der Waals surface area contributed by atoms with E-state index in [1.165, 1.54) is 32.2 Å². The molecular weight excluding hydrogens is 474 g/mol. The second-order valence-corrected chi connectivity index (χ2v) is 9.62. The molecule has 192 valence electrons. The Morgan fingerprint density at radius 2 is 1.57 bits per heavy atom. The Hall–Kier alpha value is -3.47. The van der Waals surface area contributed by atoms with Gasteiger partial charge >= 0.3 is 0 Å². The third kappa shape index (κ3) is 7.01. The van der Waals surface area contributed by atoms with E-state index in [4.69, 9.17) is 14.2 Å². The van der Waals surface area contributed by atoms with Crippen molar-refractivity contribution in [3.8, 4) is 17.2 Å². The molecule has 1 atom stereocenters. The highest BCUT2D eigenvalue weighted by atomic mass is 32.2. The summed E-state index contributed by atoms with van der Waals surface area (Å²) < 4.78 is 42.3. The lowest BCUT2D eigenvalue weighted by molar-refractivity contribution is -0.140. The molecule has 11 heteroatoms. The molecule has 2 aromatic carbocycles. The van der Waals surface area contributed by atoms with Crippen molar-refractivity contribution in [1.82, 2.24) is 10.2 Å². The summed E-state index contributed by atoms with van der Waals surface area (Å²) in [5.41, 5.74) is 0.909. The molecule has 0 unspecified atom stereocenters. The van der Waals surface area contributed by atoms with E-state index in [2.05, 4.69) is 5.32 Å². The molecule has 0 saturated heterocycles. The van der Waals surface area contributed by atoms with Crippen molar-refractivity contribution in [3.05, 3.63) is 48.0 Å². The summed E-state index contributed by atoms with van der Waals surface area (Å²) in [5.74, 6) is 0.405. The summed E-state index contributed by atoms with van der Waals surface area (Å²) in [7, 11) is 1.99. The number of benzene rings is 2. The Balaban J connectivity index is 2.50. The number of sulfonamides is 1. The molecule has 1 N–H and O–H groups in total. The van der Waals surface area contributed by atoms with Gasteiger partial charge in [0.15, 0.2) is 0 Å². The summed E-state index contributed by atoms with van der Waals surface area (Å²) >= 11 is 0. The SMILES string of the molecule is CC[C@@H](C(=O)NC)N(Cc1ccc(OC)cc1)C(=O)CN(c1cc(OC)ccc1OC)S(C)(=O)=O.